The lowest BCUT2D eigenvalue weighted by atomic mass is 10.1. The van der Waals surface area contributed by atoms with Gasteiger partial charge in [-0.2, -0.15) is 5.26 Å². The summed E-state index contributed by atoms with van der Waals surface area (Å²) in [5.41, 5.74) is 0.484. The maximum Gasteiger partial charge on any atom is 0.352 e. The van der Waals surface area contributed by atoms with Gasteiger partial charge in [-0.15, -0.1) is 0 Å². The standard InChI is InChI=1S/C13H13NO3/c1-2-17-13(16)11(9-14)12(15)8-10-6-4-3-5-7-10/h3-7,15H,2,8H2,1H3/b12-11+. The number of carbonyl (C=O) groups excluding carboxylic acids is 1. The quantitative estimate of drug-likeness (QED) is 0.373. The summed E-state index contributed by atoms with van der Waals surface area (Å²) in [6, 6.07) is 10.8. The number of allylic oxidation sites excluding steroid dienone is 1. The zero-order chi connectivity index (χ0) is 12.7. The lowest BCUT2D eigenvalue weighted by Gasteiger charge is -2.04. The van der Waals surface area contributed by atoms with E-state index in [9.17, 15) is 9.90 Å². The average molecular weight is 231 g/mol. The molecule has 1 aromatic rings. The SMILES string of the molecule is CCOC(=O)/C(C#N)=C(/O)Cc1ccccc1. The molecule has 0 fully saturated rings. The predicted octanol–water partition coefficient (Wildman–Crippen LogP) is 2.13. The Balaban J connectivity index is 2.88. The molecule has 4 heteroatoms. The molecule has 0 spiro atoms. The van der Waals surface area contributed by atoms with E-state index in [-0.39, 0.29) is 24.4 Å². The number of aliphatic hydroxyl groups excluding tert-OH is 1. The maximum absolute atomic E-state index is 11.3. The van der Waals surface area contributed by atoms with E-state index < -0.39 is 5.97 Å². The summed E-state index contributed by atoms with van der Waals surface area (Å²) in [7, 11) is 0. The van der Waals surface area contributed by atoms with E-state index in [2.05, 4.69) is 4.74 Å². The van der Waals surface area contributed by atoms with Crippen molar-refractivity contribution in [3.63, 3.8) is 0 Å². The van der Waals surface area contributed by atoms with E-state index in [1.807, 2.05) is 18.2 Å². The van der Waals surface area contributed by atoms with Crippen molar-refractivity contribution in [1.82, 2.24) is 0 Å². The van der Waals surface area contributed by atoms with Gasteiger partial charge in [0.05, 0.1) is 6.61 Å². The number of rotatable bonds is 4. The van der Waals surface area contributed by atoms with Crippen LogP contribution in [0.2, 0.25) is 0 Å². The first kappa shape index (κ1) is 12.8. The highest BCUT2D eigenvalue weighted by Gasteiger charge is 2.16. The number of hydrogen-bond donors (Lipinski definition) is 1. The van der Waals surface area contributed by atoms with Crippen molar-refractivity contribution in [3.05, 3.63) is 47.2 Å². The fourth-order valence-corrected chi connectivity index (χ4v) is 1.31. The molecule has 0 radical (unpaired) electrons. The molecule has 88 valence electrons. The minimum Gasteiger partial charge on any atom is -0.510 e. The molecule has 0 saturated heterocycles. The Morgan fingerprint density at radius 2 is 2.06 bits per heavy atom. The molecule has 1 rings (SSSR count). The topological polar surface area (TPSA) is 70.3 Å². The Kier molecular flexibility index (Phi) is 4.77. The number of nitriles is 1. The van der Waals surface area contributed by atoms with Crippen molar-refractivity contribution >= 4 is 5.97 Å². The summed E-state index contributed by atoms with van der Waals surface area (Å²) in [4.78, 5) is 11.3. The van der Waals surface area contributed by atoms with Crippen LogP contribution < -0.4 is 0 Å². The third kappa shape index (κ3) is 3.65. The van der Waals surface area contributed by atoms with E-state index in [0.717, 1.165) is 5.56 Å². The lowest BCUT2D eigenvalue weighted by molar-refractivity contribution is -0.138. The zero-order valence-corrected chi connectivity index (χ0v) is 9.51. The molecule has 0 saturated carbocycles. The molecule has 1 N–H and O–H groups in total. The highest BCUT2D eigenvalue weighted by Crippen LogP contribution is 2.10. The summed E-state index contributed by atoms with van der Waals surface area (Å²) in [6.45, 7) is 1.81. The van der Waals surface area contributed by atoms with E-state index in [1.165, 1.54) is 0 Å². The van der Waals surface area contributed by atoms with Gasteiger partial charge in [0.1, 0.15) is 11.8 Å². The second-order valence-electron chi connectivity index (χ2n) is 3.32. The minimum absolute atomic E-state index is 0.141. The van der Waals surface area contributed by atoms with Gasteiger partial charge in [0.2, 0.25) is 0 Å². The minimum atomic E-state index is -0.788. The van der Waals surface area contributed by atoms with Gasteiger partial charge in [-0.05, 0) is 12.5 Å². The second-order valence-corrected chi connectivity index (χ2v) is 3.32. The van der Waals surface area contributed by atoms with Crippen molar-refractivity contribution in [3.8, 4) is 6.07 Å². The molecule has 0 aliphatic carbocycles. The highest BCUT2D eigenvalue weighted by atomic mass is 16.5. The number of nitrogens with zero attached hydrogens (tertiary/aromatic N) is 1. The molecule has 17 heavy (non-hydrogen) atoms. The van der Waals surface area contributed by atoms with Crippen LogP contribution in [0.4, 0.5) is 0 Å². The fraction of sp³-hybridized carbons (Fsp3) is 0.231. The first-order chi connectivity index (χ1) is 8.19. The van der Waals surface area contributed by atoms with Crippen LogP contribution in [0.1, 0.15) is 12.5 Å². The molecule has 4 nitrogen and oxygen atoms in total. The Hall–Kier alpha value is -2.28. The van der Waals surface area contributed by atoms with Gasteiger partial charge < -0.3 is 9.84 Å². The van der Waals surface area contributed by atoms with Gasteiger partial charge in [-0.3, -0.25) is 0 Å². The largest absolute Gasteiger partial charge is 0.510 e. The van der Waals surface area contributed by atoms with Gasteiger partial charge in [-0.1, -0.05) is 30.3 Å². The number of carbonyl (C=O) groups is 1. The Morgan fingerprint density at radius 1 is 1.41 bits per heavy atom. The summed E-state index contributed by atoms with van der Waals surface area (Å²) >= 11 is 0. The van der Waals surface area contributed by atoms with Crippen LogP contribution in [0.3, 0.4) is 0 Å². The van der Waals surface area contributed by atoms with E-state index in [0.29, 0.717) is 0 Å². The number of aliphatic hydroxyl groups is 1. The van der Waals surface area contributed by atoms with Crippen LogP contribution in [0.5, 0.6) is 0 Å². The van der Waals surface area contributed by atoms with Crippen LogP contribution in [0, 0.1) is 11.3 Å². The number of ether oxygens (including phenoxy) is 1. The van der Waals surface area contributed by atoms with Crippen molar-refractivity contribution < 1.29 is 14.6 Å². The van der Waals surface area contributed by atoms with E-state index in [1.54, 1.807) is 25.1 Å². The van der Waals surface area contributed by atoms with Gasteiger partial charge >= 0.3 is 5.97 Å². The van der Waals surface area contributed by atoms with Gasteiger partial charge in [0.25, 0.3) is 0 Å². The molecule has 1 aromatic carbocycles. The third-order valence-corrected chi connectivity index (χ3v) is 2.09. The summed E-state index contributed by atoms with van der Waals surface area (Å²) < 4.78 is 4.67. The smallest absolute Gasteiger partial charge is 0.352 e. The zero-order valence-electron chi connectivity index (χ0n) is 9.51. The van der Waals surface area contributed by atoms with E-state index in [4.69, 9.17) is 5.26 Å². The second kappa shape index (κ2) is 6.33. The summed E-state index contributed by atoms with van der Waals surface area (Å²) in [5.74, 6) is -1.06. The molecule has 0 aromatic heterocycles. The summed E-state index contributed by atoms with van der Waals surface area (Å²) in [6.07, 6.45) is 0.141. The van der Waals surface area contributed by atoms with Crippen LogP contribution in [-0.4, -0.2) is 17.7 Å². The number of esters is 1. The molecule has 0 amide bonds. The van der Waals surface area contributed by atoms with Crippen molar-refractivity contribution in [1.29, 1.82) is 5.26 Å². The molecule has 0 bridgehead atoms. The number of benzene rings is 1. The van der Waals surface area contributed by atoms with Crippen LogP contribution in [0.25, 0.3) is 0 Å². The lowest BCUT2D eigenvalue weighted by Crippen LogP contribution is -2.10. The van der Waals surface area contributed by atoms with Gasteiger partial charge in [-0.25, -0.2) is 4.79 Å². The third-order valence-electron chi connectivity index (χ3n) is 2.09. The average Bonchev–Trinajstić information content (AvgIpc) is 2.31. The van der Waals surface area contributed by atoms with Gasteiger partial charge in [0.15, 0.2) is 5.57 Å². The monoisotopic (exact) mass is 231 g/mol. The van der Waals surface area contributed by atoms with E-state index >= 15 is 0 Å². The Bertz CT molecular complexity index is 457. The molecular weight excluding hydrogens is 218 g/mol. The normalized spacial score (nSPS) is 11.3. The maximum atomic E-state index is 11.3. The highest BCUT2D eigenvalue weighted by molar-refractivity contribution is 5.93. The van der Waals surface area contributed by atoms with Crippen molar-refractivity contribution in [2.75, 3.05) is 6.61 Å². The van der Waals surface area contributed by atoms with Crippen LogP contribution in [-0.2, 0) is 16.0 Å². The van der Waals surface area contributed by atoms with Gasteiger partial charge in [0, 0.05) is 6.42 Å². The van der Waals surface area contributed by atoms with Crippen LogP contribution >= 0.6 is 0 Å². The molecule has 0 unspecified atom stereocenters. The van der Waals surface area contributed by atoms with Crippen molar-refractivity contribution in [2.45, 2.75) is 13.3 Å². The first-order valence-corrected chi connectivity index (χ1v) is 5.22. The molecule has 0 atom stereocenters. The number of hydrogen-bond acceptors (Lipinski definition) is 4. The molecule has 0 aliphatic rings. The van der Waals surface area contributed by atoms with Crippen molar-refractivity contribution in [2.24, 2.45) is 0 Å². The Morgan fingerprint density at radius 3 is 2.59 bits per heavy atom. The predicted molar refractivity (Wildman–Crippen MR) is 62.0 cm³/mol. The first-order valence-electron chi connectivity index (χ1n) is 5.22. The Labute approximate surface area is 99.8 Å². The molecule has 0 aliphatic heterocycles. The van der Waals surface area contributed by atoms with Crippen LogP contribution in [0.15, 0.2) is 41.7 Å². The molecule has 0 heterocycles. The molecular formula is C13H13NO3. The fourth-order valence-electron chi connectivity index (χ4n) is 1.31. The summed E-state index contributed by atoms with van der Waals surface area (Å²) in [5, 5.41) is 18.5.